The minimum Gasteiger partial charge on any atom is -0.490 e. The van der Waals surface area contributed by atoms with E-state index in [1.165, 1.54) is 0 Å². The Balaban J connectivity index is 0.00000264. The molecule has 0 saturated carbocycles. The van der Waals surface area contributed by atoms with E-state index in [0.717, 1.165) is 38.4 Å². The van der Waals surface area contributed by atoms with Crippen LogP contribution in [-0.2, 0) is 0 Å². The molecule has 1 aliphatic heterocycles. The second kappa shape index (κ2) is 10.9. The molecule has 0 atom stereocenters. The van der Waals surface area contributed by atoms with Crippen LogP contribution in [0.5, 0.6) is 5.75 Å². The summed E-state index contributed by atoms with van der Waals surface area (Å²) in [5, 5.41) is 13.5. The molecule has 130 valence electrons. The molecule has 2 rings (SSSR count). The van der Waals surface area contributed by atoms with Gasteiger partial charge in [0.05, 0.1) is 17.7 Å². The van der Waals surface area contributed by atoms with Gasteiger partial charge in [-0.25, -0.2) is 4.99 Å². The third kappa shape index (κ3) is 6.73. The molecule has 7 heteroatoms. The van der Waals surface area contributed by atoms with E-state index >= 15 is 0 Å². The third-order valence-corrected chi connectivity index (χ3v) is 3.86. The number of nitrogens with zero attached hydrogens (tertiary/aromatic N) is 2. The van der Waals surface area contributed by atoms with Crippen LogP contribution in [0.4, 0.5) is 0 Å². The number of aliphatic hydroxyl groups is 1. The molecular formula is C16H25ClIN3O2. The maximum atomic E-state index is 9.59. The summed E-state index contributed by atoms with van der Waals surface area (Å²) in [6.07, 6.45) is 1.41. The summed E-state index contributed by atoms with van der Waals surface area (Å²) in [6, 6.07) is 7.43. The number of benzene rings is 1. The molecule has 0 amide bonds. The van der Waals surface area contributed by atoms with E-state index in [0.29, 0.717) is 23.9 Å². The van der Waals surface area contributed by atoms with Crippen molar-refractivity contribution in [3.63, 3.8) is 0 Å². The molecule has 0 aromatic heterocycles. The van der Waals surface area contributed by atoms with Crippen molar-refractivity contribution in [2.75, 3.05) is 32.8 Å². The minimum atomic E-state index is -0.178. The first-order chi connectivity index (χ1) is 10.7. The summed E-state index contributed by atoms with van der Waals surface area (Å²) >= 11 is 6.05. The number of aliphatic imine (C=N–C) groups is 1. The Bertz CT molecular complexity index is 494. The van der Waals surface area contributed by atoms with Gasteiger partial charge in [0, 0.05) is 19.6 Å². The van der Waals surface area contributed by atoms with Crippen LogP contribution in [0.2, 0.25) is 5.02 Å². The van der Waals surface area contributed by atoms with Gasteiger partial charge in [-0.3, -0.25) is 0 Å². The fourth-order valence-corrected chi connectivity index (χ4v) is 2.56. The molecule has 1 aromatic rings. The molecule has 1 saturated heterocycles. The van der Waals surface area contributed by atoms with Gasteiger partial charge in [-0.1, -0.05) is 23.7 Å². The summed E-state index contributed by atoms with van der Waals surface area (Å²) in [5.41, 5.74) is 0. The van der Waals surface area contributed by atoms with E-state index in [-0.39, 0.29) is 30.1 Å². The van der Waals surface area contributed by atoms with Crippen LogP contribution in [-0.4, -0.2) is 54.9 Å². The summed E-state index contributed by atoms with van der Waals surface area (Å²) < 4.78 is 5.64. The Morgan fingerprint density at radius 3 is 2.74 bits per heavy atom. The first-order valence-corrected chi connectivity index (χ1v) is 8.17. The highest BCUT2D eigenvalue weighted by molar-refractivity contribution is 14.0. The van der Waals surface area contributed by atoms with Gasteiger partial charge in [-0.15, -0.1) is 24.0 Å². The lowest BCUT2D eigenvalue weighted by molar-refractivity contribution is 0.108. The van der Waals surface area contributed by atoms with Gasteiger partial charge in [0.25, 0.3) is 0 Å². The van der Waals surface area contributed by atoms with Crippen molar-refractivity contribution in [3.8, 4) is 5.75 Å². The number of ether oxygens (including phenoxy) is 1. The number of hydrogen-bond donors (Lipinski definition) is 2. The number of likely N-dealkylation sites (tertiary alicyclic amines) is 1. The monoisotopic (exact) mass is 453 g/mol. The highest BCUT2D eigenvalue weighted by Gasteiger charge is 2.19. The van der Waals surface area contributed by atoms with Gasteiger partial charge in [0.2, 0.25) is 0 Å². The average Bonchev–Trinajstić information content (AvgIpc) is 2.53. The van der Waals surface area contributed by atoms with E-state index in [1.807, 2.05) is 24.3 Å². The molecule has 0 aliphatic carbocycles. The molecule has 1 aliphatic rings. The Morgan fingerprint density at radius 2 is 2.09 bits per heavy atom. The number of guanidine groups is 1. The standard InChI is InChI=1S/C16H24ClN3O2.HI/c1-2-18-16(20-10-7-13(21)8-11-20)19-9-12-22-15-6-4-3-5-14(15)17;/h3-6,13,21H,2,7-12H2,1H3,(H,18,19);1H. The Labute approximate surface area is 160 Å². The number of nitrogens with one attached hydrogen (secondary N) is 1. The number of para-hydroxylation sites is 1. The van der Waals surface area contributed by atoms with Crippen molar-refractivity contribution in [1.82, 2.24) is 10.2 Å². The first kappa shape index (κ1) is 20.3. The second-order valence-corrected chi connectivity index (χ2v) is 5.64. The van der Waals surface area contributed by atoms with Gasteiger partial charge < -0.3 is 20.1 Å². The maximum absolute atomic E-state index is 9.59. The second-order valence-electron chi connectivity index (χ2n) is 5.23. The van der Waals surface area contributed by atoms with E-state index in [4.69, 9.17) is 16.3 Å². The fraction of sp³-hybridized carbons (Fsp3) is 0.562. The number of rotatable bonds is 5. The predicted octanol–water partition coefficient (Wildman–Crippen LogP) is 2.76. The zero-order chi connectivity index (χ0) is 15.8. The number of aliphatic hydroxyl groups excluding tert-OH is 1. The van der Waals surface area contributed by atoms with Crippen molar-refractivity contribution in [2.24, 2.45) is 4.99 Å². The Morgan fingerprint density at radius 1 is 1.39 bits per heavy atom. The van der Waals surface area contributed by atoms with Crippen molar-refractivity contribution in [1.29, 1.82) is 0 Å². The molecule has 1 aromatic carbocycles. The summed E-state index contributed by atoms with van der Waals surface area (Å²) in [4.78, 5) is 6.77. The first-order valence-electron chi connectivity index (χ1n) is 7.79. The van der Waals surface area contributed by atoms with Crippen molar-refractivity contribution >= 4 is 41.5 Å². The Hall–Kier alpha value is -0.730. The number of piperidine rings is 1. The molecule has 5 nitrogen and oxygen atoms in total. The lowest BCUT2D eigenvalue weighted by Gasteiger charge is -2.32. The fourth-order valence-electron chi connectivity index (χ4n) is 2.37. The average molecular weight is 454 g/mol. The lowest BCUT2D eigenvalue weighted by atomic mass is 10.1. The smallest absolute Gasteiger partial charge is 0.194 e. The van der Waals surface area contributed by atoms with Crippen LogP contribution in [0, 0.1) is 0 Å². The summed E-state index contributed by atoms with van der Waals surface area (Å²) in [6.45, 7) is 5.58. The van der Waals surface area contributed by atoms with E-state index in [1.54, 1.807) is 0 Å². The van der Waals surface area contributed by atoms with E-state index < -0.39 is 0 Å². The quantitative estimate of drug-likeness (QED) is 0.312. The largest absolute Gasteiger partial charge is 0.490 e. The zero-order valence-electron chi connectivity index (χ0n) is 13.4. The van der Waals surface area contributed by atoms with Crippen LogP contribution in [0.1, 0.15) is 19.8 Å². The predicted molar refractivity (Wildman–Crippen MR) is 105 cm³/mol. The van der Waals surface area contributed by atoms with E-state index in [9.17, 15) is 5.11 Å². The number of halogens is 2. The molecule has 2 N–H and O–H groups in total. The number of hydrogen-bond acceptors (Lipinski definition) is 3. The molecular weight excluding hydrogens is 429 g/mol. The van der Waals surface area contributed by atoms with Crippen LogP contribution >= 0.6 is 35.6 Å². The zero-order valence-corrected chi connectivity index (χ0v) is 16.5. The molecule has 0 bridgehead atoms. The third-order valence-electron chi connectivity index (χ3n) is 3.55. The molecule has 0 unspecified atom stereocenters. The summed E-state index contributed by atoms with van der Waals surface area (Å²) in [7, 11) is 0. The molecule has 0 spiro atoms. The topological polar surface area (TPSA) is 57.1 Å². The normalized spacial score (nSPS) is 16.0. The van der Waals surface area contributed by atoms with Crippen molar-refractivity contribution < 1.29 is 9.84 Å². The van der Waals surface area contributed by atoms with Crippen molar-refractivity contribution in [2.45, 2.75) is 25.9 Å². The van der Waals surface area contributed by atoms with Gasteiger partial charge in [0.15, 0.2) is 5.96 Å². The highest BCUT2D eigenvalue weighted by Crippen LogP contribution is 2.22. The van der Waals surface area contributed by atoms with Crippen LogP contribution < -0.4 is 10.1 Å². The highest BCUT2D eigenvalue weighted by atomic mass is 127. The summed E-state index contributed by atoms with van der Waals surface area (Å²) in [5.74, 6) is 1.57. The molecule has 23 heavy (non-hydrogen) atoms. The molecule has 1 heterocycles. The van der Waals surface area contributed by atoms with E-state index in [2.05, 4.69) is 22.1 Å². The van der Waals surface area contributed by atoms with Crippen LogP contribution in [0.3, 0.4) is 0 Å². The SMILES string of the molecule is CCNC(=NCCOc1ccccc1Cl)N1CCC(O)CC1.I. The molecule has 1 fully saturated rings. The maximum Gasteiger partial charge on any atom is 0.194 e. The van der Waals surface area contributed by atoms with Gasteiger partial charge >= 0.3 is 0 Å². The lowest BCUT2D eigenvalue weighted by Crippen LogP contribution is -2.46. The minimum absolute atomic E-state index is 0. The van der Waals surface area contributed by atoms with Crippen molar-refractivity contribution in [3.05, 3.63) is 29.3 Å². The van der Waals surface area contributed by atoms with Gasteiger partial charge in [-0.2, -0.15) is 0 Å². The van der Waals surface area contributed by atoms with Gasteiger partial charge in [-0.05, 0) is 31.9 Å². The van der Waals surface area contributed by atoms with Crippen LogP contribution in [0.25, 0.3) is 0 Å². The Kier molecular flexibility index (Phi) is 9.66. The van der Waals surface area contributed by atoms with Crippen LogP contribution in [0.15, 0.2) is 29.3 Å². The van der Waals surface area contributed by atoms with Gasteiger partial charge in [0.1, 0.15) is 12.4 Å². The molecule has 0 radical (unpaired) electrons.